The second-order valence-electron chi connectivity index (χ2n) is 5.34. The minimum absolute atomic E-state index is 0.0810. The molecule has 104 valence electrons. The Balaban J connectivity index is 1.72. The fraction of sp³-hybridized carbons (Fsp3) is 0.692. The molecule has 3 unspecified atom stereocenters. The van der Waals surface area contributed by atoms with Crippen molar-refractivity contribution in [3.63, 3.8) is 0 Å². The summed E-state index contributed by atoms with van der Waals surface area (Å²) in [6.07, 6.45) is 6.50. The van der Waals surface area contributed by atoms with Gasteiger partial charge in [-0.05, 0) is 25.5 Å². The quantitative estimate of drug-likeness (QED) is 0.706. The van der Waals surface area contributed by atoms with E-state index in [9.17, 15) is 4.79 Å². The Morgan fingerprint density at radius 3 is 3.21 bits per heavy atom. The molecule has 2 N–H and O–H groups in total. The van der Waals surface area contributed by atoms with Gasteiger partial charge in [-0.3, -0.25) is 14.7 Å². The van der Waals surface area contributed by atoms with E-state index >= 15 is 0 Å². The van der Waals surface area contributed by atoms with Gasteiger partial charge in [-0.15, -0.1) is 0 Å². The Hall–Kier alpha value is -1.40. The van der Waals surface area contributed by atoms with Crippen LogP contribution in [0.25, 0.3) is 0 Å². The van der Waals surface area contributed by atoms with E-state index in [0.717, 1.165) is 32.4 Å². The molecule has 0 aromatic heterocycles. The van der Waals surface area contributed by atoms with Crippen LogP contribution < -0.4 is 5.73 Å². The van der Waals surface area contributed by atoms with Crippen molar-refractivity contribution < 1.29 is 9.53 Å². The van der Waals surface area contributed by atoms with Gasteiger partial charge in [0, 0.05) is 24.7 Å². The van der Waals surface area contributed by atoms with Crippen molar-refractivity contribution in [3.05, 3.63) is 11.8 Å². The Morgan fingerprint density at radius 1 is 1.58 bits per heavy atom. The fourth-order valence-corrected chi connectivity index (χ4v) is 3.29. The predicted molar refractivity (Wildman–Crippen MR) is 71.4 cm³/mol. The Bertz CT molecular complexity index is 434. The lowest BCUT2D eigenvalue weighted by atomic mass is 10.1. The summed E-state index contributed by atoms with van der Waals surface area (Å²) in [4.78, 5) is 20.4. The largest absolute Gasteiger partial charge is 0.468 e. The number of carbonyl (C=O) groups is 1. The van der Waals surface area contributed by atoms with Crippen LogP contribution in [0.1, 0.15) is 19.3 Å². The van der Waals surface area contributed by atoms with Crippen LogP contribution in [-0.2, 0) is 9.53 Å². The highest BCUT2D eigenvalue weighted by molar-refractivity contribution is 5.76. The van der Waals surface area contributed by atoms with Gasteiger partial charge in [0.05, 0.1) is 13.4 Å². The first-order valence-electron chi connectivity index (χ1n) is 6.79. The number of likely N-dealkylation sites (tertiary alicyclic amines) is 1. The van der Waals surface area contributed by atoms with E-state index in [4.69, 9.17) is 10.5 Å². The van der Waals surface area contributed by atoms with Crippen molar-refractivity contribution in [1.29, 1.82) is 0 Å². The van der Waals surface area contributed by atoms with Gasteiger partial charge in [-0.25, -0.2) is 0 Å². The van der Waals surface area contributed by atoms with Crippen LogP contribution in [0.2, 0.25) is 0 Å². The standard InChI is InChI=1S/C13H20N4O2/c1-19-13(18)11-3-2-4-17(11)10-5-9-6-12(14)15-8-16(9)7-10/h6,8,10-12H,2-5,7,14H2,1H3. The first kappa shape index (κ1) is 12.6. The number of esters is 1. The lowest BCUT2D eigenvalue weighted by Gasteiger charge is -2.28. The maximum absolute atomic E-state index is 11.8. The van der Waals surface area contributed by atoms with Crippen LogP contribution in [0.5, 0.6) is 0 Å². The molecule has 6 nitrogen and oxygen atoms in total. The summed E-state index contributed by atoms with van der Waals surface area (Å²) in [7, 11) is 1.46. The Kier molecular flexibility index (Phi) is 3.28. The molecule has 3 rings (SSSR count). The molecule has 3 aliphatic rings. The molecule has 0 radical (unpaired) electrons. The van der Waals surface area contributed by atoms with Crippen LogP contribution in [0.3, 0.4) is 0 Å². The summed E-state index contributed by atoms with van der Waals surface area (Å²) in [6, 6.07) is 0.275. The van der Waals surface area contributed by atoms with Crippen molar-refractivity contribution >= 4 is 12.3 Å². The maximum atomic E-state index is 11.8. The van der Waals surface area contributed by atoms with Crippen LogP contribution in [0.15, 0.2) is 16.8 Å². The molecule has 0 aliphatic carbocycles. The number of hydrogen-bond donors (Lipinski definition) is 1. The molecule has 0 aromatic rings. The van der Waals surface area contributed by atoms with Gasteiger partial charge in [0.25, 0.3) is 0 Å². The number of carbonyl (C=O) groups excluding carboxylic acids is 1. The topological polar surface area (TPSA) is 71.2 Å². The van der Waals surface area contributed by atoms with E-state index in [0.29, 0.717) is 6.04 Å². The van der Waals surface area contributed by atoms with E-state index in [1.165, 1.54) is 12.8 Å². The summed E-state index contributed by atoms with van der Waals surface area (Å²) in [5.41, 5.74) is 7.02. The monoisotopic (exact) mass is 264 g/mol. The first-order valence-corrected chi connectivity index (χ1v) is 6.79. The van der Waals surface area contributed by atoms with Crippen molar-refractivity contribution in [2.45, 2.75) is 37.5 Å². The minimum atomic E-state index is -0.222. The highest BCUT2D eigenvalue weighted by atomic mass is 16.5. The molecular formula is C13H20N4O2. The molecule has 2 fully saturated rings. The third kappa shape index (κ3) is 2.26. The number of hydrogen-bond acceptors (Lipinski definition) is 6. The minimum Gasteiger partial charge on any atom is -0.468 e. The van der Waals surface area contributed by atoms with E-state index in [-0.39, 0.29) is 18.2 Å². The molecule has 19 heavy (non-hydrogen) atoms. The fourth-order valence-electron chi connectivity index (χ4n) is 3.29. The predicted octanol–water partition coefficient (Wildman–Crippen LogP) is -0.0913. The molecule has 0 bridgehead atoms. The zero-order chi connectivity index (χ0) is 13.4. The van der Waals surface area contributed by atoms with E-state index in [1.54, 1.807) is 0 Å². The van der Waals surface area contributed by atoms with Crippen LogP contribution in [-0.4, -0.2) is 60.6 Å². The molecule has 6 heteroatoms. The SMILES string of the molecule is COC(=O)C1CCCN1C1CC2=CC(N)N=CN2C1. The van der Waals surface area contributed by atoms with E-state index in [2.05, 4.69) is 14.8 Å². The molecule has 0 saturated carbocycles. The Morgan fingerprint density at radius 2 is 2.42 bits per heavy atom. The molecule has 3 aliphatic heterocycles. The van der Waals surface area contributed by atoms with Gasteiger partial charge in [0.1, 0.15) is 12.2 Å². The van der Waals surface area contributed by atoms with E-state index in [1.807, 2.05) is 12.4 Å². The summed E-state index contributed by atoms with van der Waals surface area (Å²) in [6.45, 7) is 1.85. The van der Waals surface area contributed by atoms with Gasteiger partial charge < -0.3 is 15.4 Å². The third-order valence-electron chi connectivity index (χ3n) is 4.20. The van der Waals surface area contributed by atoms with Gasteiger partial charge in [0.15, 0.2) is 0 Å². The number of nitrogens with two attached hydrogens (primary N) is 1. The highest BCUT2D eigenvalue weighted by Gasteiger charge is 2.40. The molecule has 3 heterocycles. The second kappa shape index (κ2) is 4.94. The summed E-state index contributed by atoms with van der Waals surface area (Å²) >= 11 is 0. The molecule has 0 spiro atoms. The summed E-state index contributed by atoms with van der Waals surface area (Å²) in [5, 5.41) is 0. The van der Waals surface area contributed by atoms with Crippen molar-refractivity contribution in [2.24, 2.45) is 10.7 Å². The van der Waals surface area contributed by atoms with Gasteiger partial charge in [0.2, 0.25) is 0 Å². The maximum Gasteiger partial charge on any atom is 0.323 e. The number of ether oxygens (including phenoxy) is 1. The molecule has 3 atom stereocenters. The molecular weight excluding hydrogens is 244 g/mol. The van der Waals surface area contributed by atoms with Crippen LogP contribution in [0.4, 0.5) is 0 Å². The van der Waals surface area contributed by atoms with Crippen molar-refractivity contribution in [3.8, 4) is 0 Å². The van der Waals surface area contributed by atoms with Gasteiger partial charge in [-0.2, -0.15) is 0 Å². The van der Waals surface area contributed by atoms with E-state index < -0.39 is 0 Å². The number of rotatable bonds is 2. The summed E-state index contributed by atoms with van der Waals surface area (Å²) in [5.74, 6) is -0.110. The number of nitrogens with zero attached hydrogens (tertiary/aromatic N) is 3. The molecule has 2 saturated heterocycles. The van der Waals surface area contributed by atoms with Crippen LogP contribution in [0, 0.1) is 0 Å². The zero-order valence-corrected chi connectivity index (χ0v) is 11.2. The zero-order valence-electron chi connectivity index (χ0n) is 11.2. The average Bonchev–Trinajstić information content (AvgIpc) is 3.02. The number of fused-ring (bicyclic) bond motifs is 1. The second-order valence-corrected chi connectivity index (χ2v) is 5.34. The van der Waals surface area contributed by atoms with Crippen LogP contribution >= 0.6 is 0 Å². The van der Waals surface area contributed by atoms with Gasteiger partial charge >= 0.3 is 5.97 Å². The molecule has 0 aromatic carbocycles. The first-order chi connectivity index (χ1) is 9.19. The van der Waals surface area contributed by atoms with Crippen molar-refractivity contribution in [1.82, 2.24) is 9.80 Å². The Labute approximate surface area is 112 Å². The van der Waals surface area contributed by atoms with Gasteiger partial charge in [-0.1, -0.05) is 0 Å². The lowest BCUT2D eigenvalue weighted by Crippen LogP contribution is -2.44. The normalized spacial score (nSPS) is 34.3. The summed E-state index contributed by atoms with van der Waals surface area (Å²) < 4.78 is 4.90. The van der Waals surface area contributed by atoms with Crippen molar-refractivity contribution in [2.75, 3.05) is 20.2 Å². The highest BCUT2D eigenvalue weighted by Crippen LogP contribution is 2.31. The smallest absolute Gasteiger partial charge is 0.323 e. The lowest BCUT2D eigenvalue weighted by molar-refractivity contribution is -0.146. The average molecular weight is 264 g/mol. The third-order valence-corrected chi connectivity index (χ3v) is 4.20. The molecule has 0 amide bonds. The number of aliphatic imine (C=N–C) groups is 1. The number of methoxy groups -OCH3 is 1.